The van der Waals surface area contributed by atoms with Crippen LogP contribution >= 0.6 is 45.8 Å². The van der Waals surface area contributed by atoms with Crippen molar-refractivity contribution in [1.29, 1.82) is 0 Å². The number of rotatable bonds is 3. The van der Waals surface area contributed by atoms with Crippen molar-refractivity contribution in [2.45, 2.75) is 6.54 Å². The molecule has 0 atom stereocenters. The molecule has 1 N–H and O–H groups in total. The molecule has 0 aliphatic rings. The molecule has 0 saturated carbocycles. The first-order valence-electron chi connectivity index (χ1n) is 5.09. The molecule has 1 nitrogen and oxygen atoms in total. The molecular weight excluding hydrogens is 368 g/mol. The molecule has 17 heavy (non-hydrogen) atoms. The van der Waals surface area contributed by atoms with Crippen LogP contribution in [0.15, 0.2) is 42.5 Å². The molecule has 2 aromatic carbocycles. The van der Waals surface area contributed by atoms with Gasteiger partial charge in [0, 0.05) is 25.8 Å². The summed E-state index contributed by atoms with van der Waals surface area (Å²) in [6.45, 7) is 0.690. The number of halogens is 3. The van der Waals surface area contributed by atoms with Crippen LogP contribution in [0, 0.1) is 3.57 Å². The molecule has 2 aromatic rings. The molecule has 0 spiro atoms. The summed E-state index contributed by atoms with van der Waals surface area (Å²) >= 11 is 14.3. The fraction of sp³-hybridized carbons (Fsp3) is 0.0769. The maximum atomic E-state index is 6.11. The first-order chi connectivity index (χ1) is 8.16. The Morgan fingerprint density at radius 2 is 1.82 bits per heavy atom. The zero-order valence-electron chi connectivity index (χ0n) is 8.88. The van der Waals surface area contributed by atoms with E-state index in [1.54, 1.807) is 6.07 Å². The van der Waals surface area contributed by atoms with Gasteiger partial charge < -0.3 is 5.32 Å². The predicted octanol–water partition coefficient (Wildman–Crippen LogP) is 5.21. The Hall–Kier alpha value is -0.450. The maximum Gasteiger partial charge on any atom is 0.0478 e. The van der Waals surface area contributed by atoms with Crippen LogP contribution in [0.2, 0.25) is 10.0 Å². The van der Waals surface area contributed by atoms with Crippen molar-refractivity contribution in [3.05, 3.63) is 61.6 Å². The van der Waals surface area contributed by atoms with Crippen LogP contribution in [0.25, 0.3) is 0 Å². The van der Waals surface area contributed by atoms with Gasteiger partial charge in [-0.05, 0) is 52.4 Å². The molecule has 0 aliphatic carbocycles. The second-order valence-electron chi connectivity index (χ2n) is 3.57. The highest BCUT2D eigenvalue weighted by atomic mass is 127. The molecule has 0 aliphatic heterocycles. The summed E-state index contributed by atoms with van der Waals surface area (Å²) in [7, 11) is 0. The van der Waals surface area contributed by atoms with Crippen molar-refractivity contribution < 1.29 is 0 Å². The van der Waals surface area contributed by atoms with E-state index in [0.717, 1.165) is 11.3 Å². The number of para-hydroxylation sites is 1. The van der Waals surface area contributed by atoms with Crippen LogP contribution in [0.1, 0.15) is 5.56 Å². The van der Waals surface area contributed by atoms with Crippen molar-refractivity contribution in [2.75, 3.05) is 5.32 Å². The minimum absolute atomic E-state index is 0.660. The van der Waals surface area contributed by atoms with Crippen molar-refractivity contribution in [2.24, 2.45) is 0 Å². The summed E-state index contributed by atoms with van der Waals surface area (Å²) < 4.78 is 1.19. The summed E-state index contributed by atoms with van der Waals surface area (Å²) in [5.74, 6) is 0. The zero-order valence-corrected chi connectivity index (χ0v) is 12.6. The third-order valence-corrected chi connectivity index (χ3v) is 3.89. The van der Waals surface area contributed by atoms with E-state index in [-0.39, 0.29) is 0 Å². The number of hydrogen-bond donors (Lipinski definition) is 1. The first kappa shape index (κ1) is 13.0. The molecule has 0 radical (unpaired) electrons. The SMILES string of the molecule is Clc1ccc(CNc2ccccc2I)c(Cl)c1. The van der Waals surface area contributed by atoms with Gasteiger partial charge in [-0.25, -0.2) is 0 Å². The smallest absolute Gasteiger partial charge is 0.0478 e. The van der Waals surface area contributed by atoms with E-state index in [1.807, 2.05) is 30.3 Å². The monoisotopic (exact) mass is 377 g/mol. The molecule has 0 unspecified atom stereocenters. The highest BCUT2D eigenvalue weighted by Gasteiger charge is 2.02. The summed E-state index contributed by atoms with van der Waals surface area (Å²) in [6, 6.07) is 13.7. The Labute approximate surface area is 124 Å². The standard InChI is InChI=1S/C13H10Cl2IN/c14-10-6-5-9(11(15)7-10)8-17-13-4-2-1-3-12(13)16/h1-7,17H,8H2. The lowest BCUT2D eigenvalue weighted by Gasteiger charge is -2.09. The second kappa shape index (κ2) is 5.94. The van der Waals surface area contributed by atoms with Gasteiger partial charge in [0.25, 0.3) is 0 Å². The molecule has 0 saturated heterocycles. The van der Waals surface area contributed by atoms with E-state index in [1.165, 1.54) is 3.57 Å². The highest BCUT2D eigenvalue weighted by Crippen LogP contribution is 2.23. The summed E-state index contributed by atoms with van der Waals surface area (Å²) in [5.41, 5.74) is 2.15. The summed E-state index contributed by atoms with van der Waals surface area (Å²) in [6.07, 6.45) is 0. The lowest BCUT2D eigenvalue weighted by molar-refractivity contribution is 1.15. The first-order valence-corrected chi connectivity index (χ1v) is 6.92. The highest BCUT2D eigenvalue weighted by molar-refractivity contribution is 14.1. The van der Waals surface area contributed by atoms with Crippen LogP contribution in [0.3, 0.4) is 0 Å². The van der Waals surface area contributed by atoms with Crippen molar-refractivity contribution in [3.63, 3.8) is 0 Å². The summed E-state index contributed by atoms with van der Waals surface area (Å²) in [5, 5.41) is 4.71. The minimum Gasteiger partial charge on any atom is -0.380 e. The number of benzene rings is 2. The van der Waals surface area contributed by atoms with E-state index in [9.17, 15) is 0 Å². The topological polar surface area (TPSA) is 12.0 Å². The minimum atomic E-state index is 0.660. The number of nitrogens with one attached hydrogen (secondary N) is 1. The van der Waals surface area contributed by atoms with Crippen LogP contribution in [0.4, 0.5) is 5.69 Å². The third kappa shape index (κ3) is 3.50. The Morgan fingerprint density at radius 3 is 2.53 bits per heavy atom. The van der Waals surface area contributed by atoms with Gasteiger partial charge in [-0.15, -0.1) is 0 Å². The van der Waals surface area contributed by atoms with Crippen LogP contribution in [-0.4, -0.2) is 0 Å². The molecular formula is C13H10Cl2IN. The van der Waals surface area contributed by atoms with Gasteiger partial charge >= 0.3 is 0 Å². The Morgan fingerprint density at radius 1 is 1.06 bits per heavy atom. The van der Waals surface area contributed by atoms with E-state index < -0.39 is 0 Å². The van der Waals surface area contributed by atoms with E-state index in [4.69, 9.17) is 23.2 Å². The molecule has 88 valence electrons. The van der Waals surface area contributed by atoms with E-state index >= 15 is 0 Å². The lowest BCUT2D eigenvalue weighted by atomic mass is 10.2. The van der Waals surface area contributed by atoms with Gasteiger partial charge in [-0.3, -0.25) is 0 Å². The summed E-state index contributed by atoms with van der Waals surface area (Å²) in [4.78, 5) is 0. The Kier molecular flexibility index (Phi) is 4.54. The average molecular weight is 378 g/mol. The molecule has 2 rings (SSSR count). The second-order valence-corrected chi connectivity index (χ2v) is 5.57. The van der Waals surface area contributed by atoms with Gasteiger partial charge in [0.1, 0.15) is 0 Å². The van der Waals surface area contributed by atoms with Crippen molar-refractivity contribution in [3.8, 4) is 0 Å². The van der Waals surface area contributed by atoms with Crippen LogP contribution < -0.4 is 5.32 Å². The average Bonchev–Trinajstić information content (AvgIpc) is 2.30. The van der Waals surface area contributed by atoms with Gasteiger partial charge in [-0.2, -0.15) is 0 Å². The molecule has 4 heteroatoms. The van der Waals surface area contributed by atoms with Crippen molar-refractivity contribution in [1.82, 2.24) is 0 Å². The molecule has 0 amide bonds. The van der Waals surface area contributed by atoms with Gasteiger partial charge in [-0.1, -0.05) is 41.4 Å². The lowest BCUT2D eigenvalue weighted by Crippen LogP contribution is -2.01. The van der Waals surface area contributed by atoms with Crippen LogP contribution in [0.5, 0.6) is 0 Å². The van der Waals surface area contributed by atoms with Crippen molar-refractivity contribution >= 4 is 51.5 Å². The van der Waals surface area contributed by atoms with E-state index in [2.05, 4.69) is 34.0 Å². The third-order valence-electron chi connectivity index (χ3n) is 2.36. The molecule has 0 heterocycles. The van der Waals surface area contributed by atoms with E-state index in [0.29, 0.717) is 16.6 Å². The maximum absolute atomic E-state index is 6.11. The molecule has 0 bridgehead atoms. The molecule has 0 fully saturated rings. The fourth-order valence-corrected chi connectivity index (χ4v) is 2.51. The fourth-order valence-electron chi connectivity index (χ4n) is 1.46. The van der Waals surface area contributed by atoms with Gasteiger partial charge in [0.2, 0.25) is 0 Å². The largest absolute Gasteiger partial charge is 0.380 e. The number of hydrogen-bond acceptors (Lipinski definition) is 1. The number of anilines is 1. The zero-order chi connectivity index (χ0) is 12.3. The Balaban J connectivity index is 2.10. The Bertz CT molecular complexity index is 529. The molecule has 0 aromatic heterocycles. The van der Waals surface area contributed by atoms with Gasteiger partial charge in [0.05, 0.1) is 0 Å². The van der Waals surface area contributed by atoms with Gasteiger partial charge in [0.15, 0.2) is 0 Å². The predicted molar refractivity (Wildman–Crippen MR) is 82.9 cm³/mol. The van der Waals surface area contributed by atoms with Crippen LogP contribution in [-0.2, 0) is 6.54 Å². The quantitative estimate of drug-likeness (QED) is 0.724. The normalized spacial score (nSPS) is 10.3.